The molecule has 0 N–H and O–H groups in total. The molecule has 2 aliphatic heterocycles. The van der Waals surface area contributed by atoms with E-state index in [-0.39, 0.29) is 60.1 Å². The van der Waals surface area contributed by atoms with Crippen LogP contribution in [0.5, 0.6) is 0 Å². The van der Waals surface area contributed by atoms with E-state index in [1.165, 1.54) is 62.8 Å². The van der Waals surface area contributed by atoms with Crippen LogP contribution in [0.25, 0.3) is 11.4 Å². The van der Waals surface area contributed by atoms with Gasteiger partial charge in [-0.05, 0) is 63.1 Å². The van der Waals surface area contributed by atoms with Gasteiger partial charge in [0.15, 0.2) is 0 Å². The number of nitrogens with zero attached hydrogens (tertiary/aromatic N) is 4. The van der Waals surface area contributed by atoms with Gasteiger partial charge in [-0.15, -0.1) is 0 Å². The van der Waals surface area contributed by atoms with Crippen LogP contribution in [0.4, 0.5) is 9.59 Å². The van der Waals surface area contributed by atoms with Gasteiger partial charge in [-0.2, -0.15) is 10.5 Å². The molecule has 14 nitrogen and oxygen atoms in total. The highest BCUT2D eigenvalue weighted by Crippen LogP contribution is 2.47. The molecule has 50 heavy (non-hydrogen) atoms. The molecule has 0 saturated heterocycles. The van der Waals surface area contributed by atoms with Crippen molar-refractivity contribution in [2.45, 2.75) is 38.9 Å². The second kappa shape index (κ2) is 15.9. The number of nitriles is 2. The van der Waals surface area contributed by atoms with Crippen LogP contribution in [0, 0.1) is 22.7 Å². The third-order valence-electron chi connectivity index (χ3n) is 7.43. The Morgan fingerprint density at radius 1 is 0.620 bits per heavy atom. The number of carbonyl (C=O) groups is 4. The van der Waals surface area contributed by atoms with Crippen LogP contribution in [-0.2, 0) is 38.0 Å². The Kier molecular flexibility index (Phi) is 11.9. The average molecular weight is 687 g/mol. The molecule has 4 amide bonds. The van der Waals surface area contributed by atoms with Crippen molar-refractivity contribution < 1.29 is 47.6 Å². The monoisotopic (exact) mass is 686 g/mol. The van der Waals surface area contributed by atoms with Crippen LogP contribution in [0.2, 0.25) is 0 Å². The highest BCUT2D eigenvalue weighted by Gasteiger charge is 2.54. The van der Waals surface area contributed by atoms with Crippen molar-refractivity contribution in [2.75, 3.05) is 53.9 Å². The van der Waals surface area contributed by atoms with Crippen LogP contribution in [0.1, 0.15) is 49.9 Å². The summed E-state index contributed by atoms with van der Waals surface area (Å²) in [6.07, 6.45) is -2.20. The summed E-state index contributed by atoms with van der Waals surface area (Å²) in [6, 6.07) is 15.8. The summed E-state index contributed by atoms with van der Waals surface area (Å²) in [4.78, 5) is 58.2. The predicted molar refractivity (Wildman–Crippen MR) is 176 cm³/mol. The van der Waals surface area contributed by atoms with E-state index in [9.17, 15) is 29.7 Å². The lowest BCUT2D eigenvalue weighted by Crippen LogP contribution is -2.43. The first-order valence-corrected chi connectivity index (χ1v) is 15.6. The maximum Gasteiger partial charge on any atom is 0.422 e. The quantitative estimate of drug-likeness (QED) is 0.256. The molecule has 0 unspecified atom stereocenters. The lowest BCUT2D eigenvalue weighted by Gasteiger charge is -2.30. The van der Waals surface area contributed by atoms with Crippen LogP contribution in [0.3, 0.4) is 0 Å². The Hall–Kier alpha value is -5.38. The fraction of sp³-hybridized carbons (Fsp3) is 0.389. The Bertz CT molecular complexity index is 1650. The van der Waals surface area contributed by atoms with Gasteiger partial charge in [0, 0.05) is 14.2 Å². The third-order valence-corrected chi connectivity index (χ3v) is 7.43. The summed E-state index contributed by atoms with van der Waals surface area (Å²) in [5.41, 5.74) is -2.21. The molecule has 2 heterocycles. The van der Waals surface area contributed by atoms with Gasteiger partial charge < -0.3 is 28.4 Å². The number of imide groups is 2. The number of hydrogen-bond donors (Lipinski definition) is 0. The van der Waals surface area contributed by atoms with Gasteiger partial charge in [-0.25, -0.2) is 19.4 Å². The first-order chi connectivity index (χ1) is 23.8. The highest BCUT2D eigenvalue weighted by molar-refractivity contribution is 6.35. The summed E-state index contributed by atoms with van der Waals surface area (Å²) in [5.74, 6) is -1.88. The summed E-state index contributed by atoms with van der Waals surface area (Å²) < 4.78 is 32.6. The van der Waals surface area contributed by atoms with Gasteiger partial charge in [0.2, 0.25) is 0 Å². The number of carbonyl (C=O) groups excluding carboxylic acids is 4. The van der Waals surface area contributed by atoms with E-state index in [1.54, 1.807) is 27.7 Å². The topological polar surface area (TPSA) is 178 Å². The Balaban J connectivity index is 1.85. The first-order valence-electron chi connectivity index (χ1n) is 15.6. The first kappa shape index (κ1) is 37.4. The summed E-state index contributed by atoms with van der Waals surface area (Å²) in [5, 5.41) is 18.8. The summed E-state index contributed by atoms with van der Waals surface area (Å²) >= 11 is 0. The van der Waals surface area contributed by atoms with Crippen molar-refractivity contribution in [1.82, 2.24) is 9.80 Å². The van der Waals surface area contributed by atoms with Crippen LogP contribution < -0.4 is 0 Å². The largest absolute Gasteiger partial charge is 0.440 e. The third kappa shape index (κ3) is 8.25. The van der Waals surface area contributed by atoms with Gasteiger partial charge in [-0.3, -0.25) is 9.59 Å². The number of methoxy groups -OCH3 is 2. The van der Waals surface area contributed by atoms with Crippen molar-refractivity contribution in [1.29, 1.82) is 10.5 Å². The van der Waals surface area contributed by atoms with Crippen LogP contribution >= 0.6 is 0 Å². The molecule has 262 valence electrons. The SMILES string of the molecule is COCCOCC(C)(C)OC(=O)N1C(=O)C2=C(c3ccc(C#N)cc3)N(C(=O)OC(C)(C)COCCOC)C(=O)C2=C1c1ccc(C#N)cc1. The lowest BCUT2D eigenvalue weighted by atomic mass is 10.0. The van der Waals surface area contributed by atoms with E-state index in [0.29, 0.717) is 24.3 Å². The molecule has 0 radical (unpaired) electrons. The van der Waals surface area contributed by atoms with Gasteiger partial charge in [0.05, 0.1) is 85.4 Å². The Morgan fingerprint density at radius 2 is 0.960 bits per heavy atom. The van der Waals surface area contributed by atoms with E-state index < -0.39 is 35.2 Å². The van der Waals surface area contributed by atoms with E-state index in [2.05, 4.69) is 0 Å². The number of fused-ring (bicyclic) bond motifs is 1. The highest BCUT2D eigenvalue weighted by atomic mass is 16.6. The standard InChI is InChI=1S/C36H38N4O10/c1-35(2,21-47-17-15-45-5)49-33(43)39-29(25-11-7-23(19-37)8-12-25)27-28(31(39)41)30(26-13-9-24(20-38)10-14-26)40(32(27)42)34(44)50-36(3,4)22-48-18-16-46-6/h7-14H,15-18,21-22H2,1-6H3. The molecule has 2 aromatic rings. The average Bonchev–Trinajstić information content (AvgIpc) is 3.56. The molecule has 0 bridgehead atoms. The molecule has 0 spiro atoms. The van der Waals surface area contributed by atoms with Crippen LogP contribution in [0.15, 0.2) is 59.7 Å². The zero-order valence-corrected chi connectivity index (χ0v) is 28.7. The fourth-order valence-electron chi connectivity index (χ4n) is 5.15. The number of benzene rings is 2. The molecule has 2 aromatic carbocycles. The Labute approximate surface area is 289 Å². The zero-order chi connectivity index (χ0) is 36.6. The minimum atomic E-state index is -1.22. The Morgan fingerprint density at radius 3 is 1.26 bits per heavy atom. The van der Waals surface area contributed by atoms with E-state index in [1.807, 2.05) is 12.1 Å². The van der Waals surface area contributed by atoms with E-state index >= 15 is 0 Å². The van der Waals surface area contributed by atoms with Gasteiger partial charge in [0.25, 0.3) is 11.8 Å². The van der Waals surface area contributed by atoms with Crippen molar-refractivity contribution in [3.05, 3.63) is 81.9 Å². The van der Waals surface area contributed by atoms with Gasteiger partial charge in [0.1, 0.15) is 11.2 Å². The summed E-state index contributed by atoms with van der Waals surface area (Å²) in [6.45, 7) is 7.42. The smallest absolute Gasteiger partial charge is 0.422 e. The van der Waals surface area contributed by atoms with Crippen LogP contribution in [-0.4, -0.2) is 98.9 Å². The molecule has 0 aromatic heterocycles. The number of amides is 4. The number of ether oxygens (including phenoxy) is 6. The predicted octanol–water partition coefficient (Wildman–Crippen LogP) is 4.39. The second-order valence-electron chi connectivity index (χ2n) is 12.5. The minimum Gasteiger partial charge on any atom is -0.440 e. The van der Waals surface area contributed by atoms with E-state index in [4.69, 9.17) is 28.4 Å². The second-order valence-corrected chi connectivity index (χ2v) is 12.5. The van der Waals surface area contributed by atoms with Crippen molar-refractivity contribution >= 4 is 35.4 Å². The maximum absolute atomic E-state index is 14.4. The molecule has 0 fully saturated rings. The molecule has 14 heteroatoms. The molecule has 0 atom stereocenters. The van der Waals surface area contributed by atoms with Gasteiger partial charge >= 0.3 is 12.2 Å². The lowest BCUT2D eigenvalue weighted by molar-refractivity contribution is -0.124. The minimum absolute atomic E-state index is 0.0321. The molecule has 0 aliphatic carbocycles. The molecular formula is C36H38N4O10. The fourth-order valence-corrected chi connectivity index (χ4v) is 5.15. The summed E-state index contributed by atoms with van der Waals surface area (Å²) in [7, 11) is 3.04. The van der Waals surface area contributed by atoms with Crippen molar-refractivity contribution in [3.63, 3.8) is 0 Å². The number of hydrogen-bond acceptors (Lipinski definition) is 12. The normalized spacial score (nSPS) is 14.6. The maximum atomic E-state index is 14.4. The number of rotatable bonds is 14. The zero-order valence-electron chi connectivity index (χ0n) is 28.7. The molecule has 2 aliphatic rings. The molecule has 4 rings (SSSR count). The van der Waals surface area contributed by atoms with Crippen molar-refractivity contribution in [3.8, 4) is 12.1 Å². The molecular weight excluding hydrogens is 648 g/mol. The molecule has 0 saturated carbocycles. The van der Waals surface area contributed by atoms with E-state index in [0.717, 1.165) is 9.80 Å². The van der Waals surface area contributed by atoms with Gasteiger partial charge in [-0.1, -0.05) is 24.3 Å². The van der Waals surface area contributed by atoms with Crippen molar-refractivity contribution in [2.24, 2.45) is 0 Å².